The fourth-order valence-corrected chi connectivity index (χ4v) is 6.21. The first-order valence-corrected chi connectivity index (χ1v) is 21.1. The number of carbonyl (C=O) groups is 3. The minimum atomic E-state index is -1.03. The molecule has 0 aliphatic rings. The Labute approximate surface area is 308 Å². The Balaban J connectivity index is 3.98. The molecule has 0 bridgehead atoms. The van der Waals surface area contributed by atoms with Crippen LogP contribution in [0.15, 0.2) is 36.5 Å². The Hall–Kier alpha value is -2.37. The largest absolute Gasteiger partial charge is 0.480 e. The van der Waals surface area contributed by atoms with Crippen LogP contribution >= 0.6 is 0 Å². The van der Waals surface area contributed by atoms with Gasteiger partial charge in [-0.05, 0) is 51.0 Å². The number of esters is 1. The van der Waals surface area contributed by atoms with E-state index in [1.807, 2.05) is 6.08 Å². The van der Waals surface area contributed by atoms with E-state index in [1.54, 1.807) is 0 Å². The zero-order valence-corrected chi connectivity index (χ0v) is 32.7. The van der Waals surface area contributed by atoms with E-state index < -0.39 is 5.97 Å². The van der Waals surface area contributed by atoms with E-state index in [-0.39, 0.29) is 24.5 Å². The summed E-state index contributed by atoms with van der Waals surface area (Å²) in [6, 6.07) is 0. The molecule has 0 aromatic rings. The molecule has 1 unspecified atom stereocenters. The molecule has 6 nitrogen and oxygen atoms in total. The first kappa shape index (κ1) is 47.6. The number of carbonyl (C=O) groups excluding carboxylic acids is 2. The molecule has 0 aromatic heterocycles. The fraction of sp³-hybridized carbons (Fsp3) is 0.795. The lowest BCUT2D eigenvalue weighted by molar-refractivity contribution is -0.147. The van der Waals surface area contributed by atoms with Crippen molar-refractivity contribution in [3.05, 3.63) is 36.5 Å². The molecular weight excluding hydrogens is 622 g/mol. The highest BCUT2D eigenvalue weighted by Gasteiger charge is 2.12. The predicted molar refractivity (Wildman–Crippen MR) is 212 cm³/mol. The second-order valence-electron chi connectivity index (χ2n) is 14.2. The van der Waals surface area contributed by atoms with E-state index in [1.165, 1.54) is 122 Å². The molecule has 1 atom stereocenters. The van der Waals surface area contributed by atoms with Gasteiger partial charge in [-0.2, -0.15) is 0 Å². The Kier molecular flexibility index (Phi) is 37.5. The summed E-state index contributed by atoms with van der Waals surface area (Å²) in [6.45, 7) is 4.09. The maximum atomic E-state index is 12.6. The number of hydrogen-bond donors (Lipinski definition) is 2. The summed E-state index contributed by atoms with van der Waals surface area (Å²) in [7, 11) is 0. The molecule has 6 heteroatoms. The molecule has 0 saturated heterocycles. The van der Waals surface area contributed by atoms with E-state index in [9.17, 15) is 14.4 Å². The van der Waals surface area contributed by atoms with Crippen LogP contribution in [-0.4, -0.2) is 35.6 Å². The number of nitrogens with one attached hydrogen (secondary N) is 1. The van der Waals surface area contributed by atoms with E-state index in [0.29, 0.717) is 12.8 Å². The van der Waals surface area contributed by atoms with E-state index in [4.69, 9.17) is 9.84 Å². The molecule has 0 spiro atoms. The number of ether oxygens (including phenoxy) is 1. The lowest BCUT2D eigenvalue weighted by atomic mass is 10.0. The fourth-order valence-electron chi connectivity index (χ4n) is 6.21. The van der Waals surface area contributed by atoms with Crippen LogP contribution in [0.3, 0.4) is 0 Å². The van der Waals surface area contributed by atoms with Gasteiger partial charge in [0.2, 0.25) is 5.91 Å². The third-order valence-corrected chi connectivity index (χ3v) is 9.31. The first-order chi connectivity index (χ1) is 24.5. The van der Waals surface area contributed by atoms with Gasteiger partial charge >= 0.3 is 11.9 Å². The van der Waals surface area contributed by atoms with Crippen molar-refractivity contribution in [2.24, 2.45) is 0 Å². The van der Waals surface area contributed by atoms with Crippen molar-refractivity contribution in [2.75, 3.05) is 6.54 Å². The monoisotopic (exact) mass is 702 g/mol. The maximum Gasteiger partial charge on any atom is 0.322 e. The first-order valence-electron chi connectivity index (χ1n) is 21.1. The smallest absolute Gasteiger partial charge is 0.322 e. The number of rotatable bonds is 38. The molecular formula is C44H79NO5. The molecule has 0 rings (SSSR count). The van der Waals surface area contributed by atoms with Gasteiger partial charge in [0.25, 0.3) is 0 Å². The Morgan fingerprint density at radius 3 is 1.44 bits per heavy atom. The predicted octanol–water partition coefficient (Wildman–Crippen LogP) is 12.9. The molecule has 1 amide bonds. The zero-order chi connectivity index (χ0) is 36.6. The third kappa shape index (κ3) is 38.4. The maximum absolute atomic E-state index is 12.6. The molecule has 0 saturated carbocycles. The molecule has 0 radical (unpaired) electrons. The number of hydrogen-bond acceptors (Lipinski definition) is 4. The number of amides is 1. The number of aliphatic carboxylic acids is 1. The normalized spacial score (nSPS) is 12.4. The molecule has 0 fully saturated rings. The van der Waals surface area contributed by atoms with Crippen molar-refractivity contribution in [3.63, 3.8) is 0 Å². The minimum absolute atomic E-state index is 0.104. The third-order valence-electron chi connectivity index (χ3n) is 9.31. The summed E-state index contributed by atoms with van der Waals surface area (Å²) in [5.74, 6) is -1.36. The van der Waals surface area contributed by atoms with Gasteiger partial charge in [-0.3, -0.25) is 14.4 Å². The number of allylic oxidation sites excluding steroid dienone is 5. The Bertz CT molecular complexity index is 864. The van der Waals surface area contributed by atoms with E-state index >= 15 is 0 Å². The van der Waals surface area contributed by atoms with Gasteiger partial charge in [0.15, 0.2) is 0 Å². The Morgan fingerprint density at radius 1 is 0.540 bits per heavy atom. The van der Waals surface area contributed by atoms with Gasteiger partial charge in [0, 0.05) is 12.8 Å². The molecule has 290 valence electrons. The van der Waals surface area contributed by atoms with Crippen LogP contribution in [0.25, 0.3) is 0 Å². The lowest BCUT2D eigenvalue weighted by Crippen LogP contribution is -2.28. The lowest BCUT2D eigenvalue weighted by Gasteiger charge is -2.14. The highest BCUT2D eigenvalue weighted by Crippen LogP contribution is 2.17. The Morgan fingerprint density at radius 2 is 0.960 bits per heavy atom. The van der Waals surface area contributed by atoms with Gasteiger partial charge in [0.1, 0.15) is 12.6 Å². The quantitative estimate of drug-likeness (QED) is 0.0380. The molecule has 0 aliphatic heterocycles. The number of carboxylic acid groups (broad SMARTS) is 1. The van der Waals surface area contributed by atoms with Crippen LogP contribution in [0, 0.1) is 0 Å². The summed E-state index contributed by atoms with van der Waals surface area (Å²) in [5.41, 5.74) is 0. The number of carboxylic acids is 1. The highest BCUT2D eigenvalue weighted by molar-refractivity contribution is 5.80. The summed E-state index contributed by atoms with van der Waals surface area (Å²) in [4.78, 5) is 34.9. The molecule has 0 heterocycles. The van der Waals surface area contributed by atoms with Gasteiger partial charge in [-0.15, -0.1) is 0 Å². The molecule has 0 aromatic carbocycles. The van der Waals surface area contributed by atoms with Crippen molar-refractivity contribution in [3.8, 4) is 0 Å². The van der Waals surface area contributed by atoms with Crippen molar-refractivity contribution in [1.29, 1.82) is 0 Å². The van der Waals surface area contributed by atoms with Crippen molar-refractivity contribution in [2.45, 2.75) is 219 Å². The van der Waals surface area contributed by atoms with Crippen LogP contribution in [0.4, 0.5) is 0 Å². The van der Waals surface area contributed by atoms with Crippen LogP contribution < -0.4 is 5.32 Å². The topological polar surface area (TPSA) is 92.7 Å². The van der Waals surface area contributed by atoms with Gasteiger partial charge in [0.05, 0.1) is 0 Å². The number of unbranched alkanes of at least 4 members (excludes halogenated alkanes) is 23. The van der Waals surface area contributed by atoms with Crippen molar-refractivity contribution >= 4 is 17.8 Å². The standard InChI is InChI=1S/C44H79NO5/c1-3-5-7-9-11-13-14-15-16-17-18-19-20-21-22-23-24-25-27-29-35-39-44(49)50-41(36-32-28-26-12-10-8-6-4-2)37-33-30-31-34-38-42(46)45-40-43(47)48/h6,8,12,26,32,36,41H,3-5,7,9-11,13-25,27-31,33-35,37-40H2,1-2H3,(H,45,46)(H,47,48)/b8-6-,26-12-,36-32-. The highest BCUT2D eigenvalue weighted by atomic mass is 16.5. The van der Waals surface area contributed by atoms with Crippen LogP contribution in [0.2, 0.25) is 0 Å². The van der Waals surface area contributed by atoms with E-state index in [0.717, 1.165) is 64.2 Å². The minimum Gasteiger partial charge on any atom is -0.480 e. The summed E-state index contributed by atoms with van der Waals surface area (Å²) >= 11 is 0. The summed E-state index contributed by atoms with van der Waals surface area (Å²) < 4.78 is 5.87. The molecule has 0 aliphatic carbocycles. The second kappa shape index (κ2) is 39.4. The molecule has 2 N–H and O–H groups in total. The van der Waals surface area contributed by atoms with E-state index in [2.05, 4.69) is 49.5 Å². The van der Waals surface area contributed by atoms with Crippen molar-refractivity contribution < 1.29 is 24.2 Å². The molecule has 50 heavy (non-hydrogen) atoms. The van der Waals surface area contributed by atoms with Crippen molar-refractivity contribution in [1.82, 2.24) is 5.32 Å². The van der Waals surface area contributed by atoms with Gasteiger partial charge in [-0.25, -0.2) is 0 Å². The average molecular weight is 702 g/mol. The van der Waals surface area contributed by atoms with Gasteiger partial charge in [-0.1, -0.05) is 185 Å². The van der Waals surface area contributed by atoms with Gasteiger partial charge < -0.3 is 15.2 Å². The van der Waals surface area contributed by atoms with Crippen LogP contribution in [0.5, 0.6) is 0 Å². The SMILES string of the molecule is CC/C=C\C/C=C\C/C=C\C(CCCCCCC(=O)NCC(=O)O)OC(=O)CCCCCCCCCCCCCCCCCCCCCCC. The van der Waals surface area contributed by atoms with Crippen LogP contribution in [-0.2, 0) is 19.1 Å². The van der Waals surface area contributed by atoms with Crippen LogP contribution in [0.1, 0.15) is 213 Å². The summed E-state index contributed by atoms with van der Waals surface area (Å²) in [5, 5.41) is 11.1. The second-order valence-corrected chi connectivity index (χ2v) is 14.2. The zero-order valence-electron chi connectivity index (χ0n) is 32.7. The average Bonchev–Trinajstić information content (AvgIpc) is 3.10. The summed E-state index contributed by atoms with van der Waals surface area (Å²) in [6.07, 6.45) is 48.8.